The Morgan fingerprint density at radius 2 is 2.00 bits per heavy atom. The number of pyridine rings is 1. The molecule has 30 heavy (non-hydrogen) atoms. The monoisotopic (exact) mass is 404 g/mol. The molecule has 1 aromatic carbocycles. The fourth-order valence-electron chi connectivity index (χ4n) is 3.76. The number of imide groups is 2. The van der Waals surface area contributed by atoms with Crippen LogP contribution in [0, 0.1) is 0 Å². The van der Waals surface area contributed by atoms with Gasteiger partial charge in [0.1, 0.15) is 6.04 Å². The summed E-state index contributed by atoms with van der Waals surface area (Å²) >= 11 is 0. The molecule has 0 saturated carbocycles. The van der Waals surface area contributed by atoms with E-state index in [1.165, 1.54) is 0 Å². The molecule has 1 unspecified atom stereocenters. The van der Waals surface area contributed by atoms with Crippen LogP contribution in [-0.4, -0.2) is 39.6 Å². The molecule has 4 rings (SSSR count). The van der Waals surface area contributed by atoms with Crippen molar-refractivity contribution in [3.63, 3.8) is 0 Å². The molecule has 8 nitrogen and oxygen atoms in total. The zero-order valence-electron chi connectivity index (χ0n) is 16.2. The lowest BCUT2D eigenvalue weighted by molar-refractivity contribution is -0.136. The van der Waals surface area contributed by atoms with Crippen LogP contribution >= 0.6 is 0 Å². The predicted octanol–water partition coefficient (Wildman–Crippen LogP) is 1.33. The maximum atomic E-state index is 13.1. The Morgan fingerprint density at radius 1 is 1.17 bits per heavy atom. The Hall–Kier alpha value is -3.81. The quantitative estimate of drug-likeness (QED) is 0.703. The highest BCUT2D eigenvalue weighted by Crippen LogP contribution is 2.30. The Labute approximate surface area is 173 Å². The first-order valence-corrected chi connectivity index (χ1v) is 9.59. The van der Waals surface area contributed by atoms with E-state index >= 15 is 0 Å². The van der Waals surface area contributed by atoms with E-state index in [-0.39, 0.29) is 24.0 Å². The van der Waals surface area contributed by atoms with Crippen LogP contribution in [0.4, 0.5) is 0 Å². The van der Waals surface area contributed by atoms with Crippen molar-refractivity contribution < 1.29 is 19.2 Å². The third-order valence-corrected chi connectivity index (χ3v) is 5.22. The molecule has 152 valence electrons. The van der Waals surface area contributed by atoms with E-state index in [4.69, 9.17) is 0 Å². The number of hydrogen-bond donors (Lipinski definition) is 2. The molecule has 1 fully saturated rings. The lowest BCUT2D eigenvalue weighted by Crippen LogP contribution is -2.54. The van der Waals surface area contributed by atoms with Gasteiger partial charge in [0.2, 0.25) is 11.8 Å². The molecule has 8 heteroatoms. The standard InChI is InChI=1S/C22H20N4O4/c1-13(10-14-4-3-9-23-11-14)24-12-15-5-2-6-16-19(15)22(30)26(21(16)29)17-7-8-18(27)25-20(17)28/h2-6,9,11,17,24H,1,7-8,10,12H2,(H,25,27,28). The van der Waals surface area contributed by atoms with Crippen LogP contribution < -0.4 is 10.6 Å². The molecule has 2 aliphatic heterocycles. The van der Waals surface area contributed by atoms with Crippen LogP contribution in [0.25, 0.3) is 0 Å². The highest BCUT2D eigenvalue weighted by atomic mass is 16.2. The molecule has 0 bridgehead atoms. The van der Waals surface area contributed by atoms with Gasteiger partial charge in [-0.15, -0.1) is 0 Å². The molecule has 2 aromatic rings. The molecular formula is C22H20N4O4. The number of amides is 4. The number of benzene rings is 1. The Bertz CT molecular complexity index is 1060. The molecule has 1 aromatic heterocycles. The summed E-state index contributed by atoms with van der Waals surface area (Å²) in [5.41, 5.74) is 2.95. The van der Waals surface area contributed by atoms with Gasteiger partial charge in [-0.2, -0.15) is 0 Å². The molecular weight excluding hydrogens is 384 g/mol. The fraction of sp³-hybridized carbons (Fsp3) is 0.227. The molecule has 1 atom stereocenters. The van der Waals surface area contributed by atoms with Gasteiger partial charge in [-0.25, -0.2) is 0 Å². The van der Waals surface area contributed by atoms with Gasteiger partial charge in [0.15, 0.2) is 0 Å². The van der Waals surface area contributed by atoms with E-state index in [1.54, 1.807) is 30.6 Å². The number of piperidine rings is 1. The van der Waals surface area contributed by atoms with Gasteiger partial charge in [0.05, 0.1) is 11.1 Å². The zero-order valence-corrected chi connectivity index (χ0v) is 16.2. The van der Waals surface area contributed by atoms with Gasteiger partial charge in [-0.1, -0.05) is 24.8 Å². The first-order valence-electron chi connectivity index (χ1n) is 9.59. The summed E-state index contributed by atoms with van der Waals surface area (Å²) in [6, 6.07) is 7.87. The largest absolute Gasteiger partial charge is 0.384 e. The highest BCUT2D eigenvalue weighted by molar-refractivity contribution is 6.24. The third kappa shape index (κ3) is 3.59. The molecule has 4 amide bonds. The van der Waals surface area contributed by atoms with Crippen LogP contribution in [-0.2, 0) is 22.6 Å². The summed E-state index contributed by atoms with van der Waals surface area (Å²) < 4.78 is 0. The Balaban J connectivity index is 1.51. The Morgan fingerprint density at radius 3 is 2.73 bits per heavy atom. The van der Waals surface area contributed by atoms with Crippen LogP contribution in [0.5, 0.6) is 0 Å². The van der Waals surface area contributed by atoms with Crippen LogP contribution in [0.3, 0.4) is 0 Å². The second kappa shape index (κ2) is 7.90. The molecule has 3 heterocycles. The van der Waals surface area contributed by atoms with Crippen LogP contribution in [0.15, 0.2) is 55.0 Å². The number of nitrogens with zero attached hydrogens (tertiary/aromatic N) is 2. The van der Waals surface area contributed by atoms with Crippen molar-refractivity contribution >= 4 is 23.6 Å². The number of carbonyl (C=O) groups excluding carboxylic acids is 4. The van der Waals surface area contributed by atoms with E-state index in [1.807, 2.05) is 12.1 Å². The number of allylic oxidation sites excluding steroid dienone is 1. The van der Waals surface area contributed by atoms with Gasteiger partial charge < -0.3 is 5.32 Å². The average molecular weight is 404 g/mol. The van der Waals surface area contributed by atoms with Crippen molar-refractivity contribution in [1.29, 1.82) is 0 Å². The summed E-state index contributed by atoms with van der Waals surface area (Å²) in [5.74, 6) is -2.05. The van der Waals surface area contributed by atoms with Crippen molar-refractivity contribution in [2.24, 2.45) is 0 Å². The van der Waals surface area contributed by atoms with Crippen molar-refractivity contribution in [3.8, 4) is 0 Å². The van der Waals surface area contributed by atoms with E-state index in [9.17, 15) is 19.2 Å². The maximum Gasteiger partial charge on any atom is 0.262 e. The summed E-state index contributed by atoms with van der Waals surface area (Å²) in [5, 5.41) is 5.39. The van der Waals surface area contributed by atoms with Crippen molar-refractivity contribution in [2.75, 3.05) is 0 Å². The van der Waals surface area contributed by atoms with E-state index < -0.39 is 29.7 Å². The van der Waals surface area contributed by atoms with Gasteiger partial charge >= 0.3 is 0 Å². The zero-order chi connectivity index (χ0) is 21.3. The van der Waals surface area contributed by atoms with Gasteiger partial charge in [-0.3, -0.25) is 34.4 Å². The van der Waals surface area contributed by atoms with Gasteiger partial charge in [0, 0.05) is 37.5 Å². The van der Waals surface area contributed by atoms with E-state index in [2.05, 4.69) is 22.2 Å². The topological polar surface area (TPSA) is 108 Å². The number of hydrogen-bond acceptors (Lipinski definition) is 6. The van der Waals surface area contributed by atoms with Crippen molar-refractivity contribution in [1.82, 2.24) is 20.5 Å². The average Bonchev–Trinajstić information content (AvgIpc) is 2.98. The molecule has 2 N–H and O–H groups in total. The number of fused-ring (bicyclic) bond motifs is 1. The SMILES string of the molecule is C=C(Cc1cccnc1)NCc1cccc2c1C(=O)N(C1CCC(=O)NC1=O)C2=O. The molecule has 2 aliphatic rings. The smallest absolute Gasteiger partial charge is 0.262 e. The summed E-state index contributed by atoms with van der Waals surface area (Å²) in [6.45, 7) is 4.32. The van der Waals surface area contributed by atoms with Crippen molar-refractivity contribution in [3.05, 3.63) is 77.3 Å². The molecule has 0 spiro atoms. The van der Waals surface area contributed by atoms with Crippen LogP contribution in [0.1, 0.15) is 44.7 Å². The predicted molar refractivity (Wildman–Crippen MR) is 107 cm³/mol. The summed E-state index contributed by atoms with van der Waals surface area (Å²) in [4.78, 5) is 54.6. The Kier molecular flexibility index (Phi) is 5.14. The first-order chi connectivity index (χ1) is 14.5. The second-order valence-corrected chi connectivity index (χ2v) is 7.28. The second-order valence-electron chi connectivity index (χ2n) is 7.28. The minimum Gasteiger partial charge on any atom is -0.384 e. The van der Waals surface area contributed by atoms with Crippen LogP contribution in [0.2, 0.25) is 0 Å². The fourth-order valence-corrected chi connectivity index (χ4v) is 3.76. The highest BCUT2D eigenvalue weighted by Gasteiger charge is 2.45. The third-order valence-electron chi connectivity index (χ3n) is 5.22. The lowest BCUT2D eigenvalue weighted by Gasteiger charge is -2.27. The van der Waals surface area contributed by atoms with Gasteiger partial charge in [-0.05, 0) is 29.7 Å². The number of nitrogens with one attached hydrogen (secondary N) is 2. The lowest BCUT2D eigenvalue weighted by atomic mass is 10.0. The first kappa shape index (κ1) is 19.5. The van der Waals surface area contributed by atoms with E-state index in [0.717, 1.165) is 16.2 Å². The maximum absolute atomic E-state index is 13.1. The summed E-state index contributed by atoms with van der Waals surface area (Å²) in [6.07, 6.45) is 4.26. The molecule has 0 radical (unpaired) electrons. The number of aromatic nitrogens is 1. The minimum absolute atomic E-state index is 0.0897. The minimum atomic E-state index is -0.976. The van der Waals surface area contributed by atoms with E-state index in [0.29, 0.717) is 18.5 Å². The normalized spacial score (nSPS) is 18.3. The number of carbonyl (C=O) groups is 4. The summed E-state index contributed by atoms with van der Waals surface area (Å²) in [7, 11) is 0. The number of rotatable bonds is 6. The molecule has 0 aliphatic carbocycles. The molecule has 1 saturated heterocycles. The van der Waals surface area contributed by atoms with Gasteiger partial charge in [0.25, 0.3) is 11.8 Å². The van der Waals surface area contributed by atoms with Crippen molar-refractivity contribution in [2.45, 2.75) is 31.8 Å².